The summed E-state index contributed by atoms with van der Waals surface area (Å²) >= 11 is 0. The molecule has 4 aromatic carbocycles. The van der Waals surface area contributed by atoms with Gasteiger partial charge in [0.2, 0.25) is 0 Å². The van der Waals surface area contributed by atoms with Gasteiger partial charge >= 0.3 is 11.8 Å². The number of halogens is 2. The molecule has 4 aromatic rings. The first-order valence-corrected chi connectivity index (χ1v) is 19.0. The summed E-state index contributed by atoms with van der Waals surface area (Å²) in [6, 6.07) is 15.3. The average Bonchev–Trinajstić information content (AvgIpc) is 3.11. The van der Waals surface area contributed by atoms with Crippen molar-refractivity contribution >= 4 is 70.5 Å². The van der Waals surface area contributed by atoms with Crippen molar-refractivity contribution in [1.29, 1.82) is 0 Å². The van der Waals surface area contributed by atoms with Crippen molar-refractivity contribution in [3.63, 3.8) is 0 Å². The summed E-state index contributed by atoms with van der Waals surface area (Å²) in [5.41, 5.74) is 0. The van der Waals surface area contributed by atoms with Crippen molar-refractivity contribution in [2.75, 3.05) is 26.2 Å². The average molecular weight is 770 g/mol. The van der Waals surface area contributed by atoms with E-state index in [4.69, 9.17) is 8.58 Å². The second-order valence-electron chi connectivity index (χ2n) is 12.5. The van der Waals surface area contributed by atoms with E-state index in [1.807, 2.05) is 83.1 Å². The lowest BCUT2D eigenvalue weighted by Crippen LogP contribution is -2.61. The van der Waals surface area contributed by atoms with Gasteiger partial charge in [-0.1, -0.05) is 60.7 Å². The molecule has 0 bridgehead atoms. The van der Waals surface area contributed by atoms with Crippen LogP contribution in [0.5, 0.6) is 0 Å². The van der Waals surface area contributed by atoms with Crippen LogP contribution >= 0.6 is 0 Å². The molecule has 276 valence electrons. The van der Waals surface area contributed by atoms with E-state index in [1.54, 1.807) is 46.5 Å². The Morgan fingerprint density at radius 1 is 0.426 bits per heavy atom. The van der Waals surface area contributed by atoms with Crippen LogP contribution in [0.15, 0.2) is 99.2 Å². The van der Waals surface area contributed by atoms with Crippen LogP contribution in [0.1, 0.15) is 0 Å². The van der Waals surface area contributed by atoms with Crippen LogP contribution in [0.2, 0.25) is 0 Å². The first-order valence-electron chi connectivity index (χ1n) is 16.5. The van der Waals surface area contributed by atoms with Gasteiger partial charge in [-0.2, -0.15) is 28.0 Å². The van der Waals surface area contributed by atoms with Gasteiger partial charge in [0.25, 0.3) is 0 Å². The van der Waals surface area contributed by atoms with E-state index in [1.165, 1.54) is 0 Å². The Balaban J connectivity index is 0.000000167. The molecule has 0 atom stereocenters. The van der Waals surface area contributed by atoms with Crippen molar-refractivity contribution < 1.29 is 57.0 Å². The van der Waals surface area contributed by atoms with Crippen molar-refractivity contribution in [1.82, 2.24) is 19.6 Å². The zero-order valence-corrected chi connectivity index (χ0v) is 30.4. The molecule has 0 fully saturated rings. The third-order valence-electron chi connectivity index (χ3n) is 8.97. The molecule has 12 nitrogen and oxygen atoms in total. The van der Waals surface area contributed by atoms with Crippen LogP contribution in [0.25, 0.3) is 70.5 Å². The second-order valence-corrected chi connectivity index (χ2v) is 14.4. The highest BCUT2D eigenvalue weighted by atomic mass is 35.7. The number of benzene rings is 4. The Morgan fingerprint density at radius 2 is 0.722 bits per heavy atom. The van der Waals surface area contributed by atoms with E-state index < -0.39 is 20.5 Å². The summed E-state index contributed by atoms with van der Waals surface area (Å²) < 4.78 is 77.2. The van der Waals surface area contributed by atoms with Gasteiger partial charge in [0.05, 0.1) is 10.4 Å². The van der Waals surface area contributed by atoms with Gasteiger partial charge in [-0.25, -0.2) is 0 Å². The first-order chi connectivity index (χ1) is 25.8. The third kappa shape index (κ3) is 7.08. The largest absolute Gasteiger partial charge is 0.369 e. The van der Waals surface area contributed by atoms with E-state index in [9.17, 15) is 28.0 Å². The Bertz CT molecular complexity index is 2550. The minimum Gasteiger partial charge on any atom is -0.349 e. The summed E-state index contributed by atoms with van der Waals surface area (Å²) in [6.45, 7) is 16.9. The zero-order chi connectivity index (χ0) is 38.4. The Labute approximate surface area is 313 Å². The minimum atomic E-state index is -4.62. The third-order valence-corrected chi connectivity index (χ3v) is 9.64. The summed E-state index contributed by atoms with van der Waals surface area (Å²) in [7, 11) is -9.25. The number of rotatable bonds is 12. The Morgan fingerprint density at radius 3 is 1.02 bits per heavy atom. The number of nitrogens with zero attached hydrogens (tertiary/aromatic N) is 4. The highest BCUT2D eigenvalue weighted by Crippen LogP contribution is 2.18. The SMILES string of the molecule is C=CCN1C=c2ccc3c4c(ccc(c24)=C1)=C(O[Cl+3]([O-])([O-])[O-])N(CC=C)C=3.C=CCN1C=c2ccc3c4c(ccc(c24)=C1)=C(O[Cl+3]([O-])([O-])[O-])N(CC=C)C=3. The molecular weight excluding hydrogens is 735 g/mol. The maximum Gasteiger partial charge on any atom is 0.369 e. The molecule has 0 unspecified atom stereocenters. The predicted molar refractivity (Wildman–Crippen MR) is 188 cm³/mol. The van der Waals surface area contributed by atoms with E-state index in [2.05, 4.69) is 26.3 Å². The fourth-order valence-electron chi connectivity index (χ4n) is 7.11. The molecule has 0 saturated heterocycles. The summed E-state index contributed by atoms with van der Waals surface area (Å²) in [6.07, 6.45) is 18.4. The molecule has 0 aromatic heterocycles. The maximum absolute atomic E-state index is 11.3. The van der Waals surface area contributed by atoms with Crippen molar-refractivity contribution in [3.8, 4) is 0 Å². The van der Waals surface area contributed by atoms with Gasteiger partial charge in [-0.05, 0) is 52.0 Å². The summed E-state index contributed by atoms with van der Waals surface area (Å²) in [4.78, 5) is 7.19. The lowest BCUT2D eigenvalue weighted by atomic mass is 9.99. The van der Waals surface area contributed by atoms with Gasteiger partial charge < -0.3 is 19.6 Å². The normalized spacial score (nSPS) is 15.0. The number of hydrogen-bond donors (Lipinski definition) is 0. The smallest absolute Gasteiger partial charge is 0.349 e. The van der Waals surface area contributed by atoms with E-state index >= 15 is 0 Å². The van der Waals surface area contributed by atoms with Crippen LogP contribution in [-0.2, 0) is 8.58 Å². The zero-order valence-electron chi connectivity index (χ0n) is 28.9. The molecule has 14 heteroatoms. The van der Waals surface area contributed by atoms with E-state index in [-0.39, 0.29) is 11.8 Å². The fourth-order valence-corrected chi connectivity index (χ4v) is 7.82. The van der Waals surface area contributed by atoms with Gasteiger partial charge in [0.1, 0.15) is 20.5 Å². The molecule has 0 radical (unpaired) electrons. The summed E-state index contributed by atoms with van der Waals surface area (Å²) in [5, 5.41) is 10.6. The molecule has 4 aliphatic rings. The van der Waals surface area contributed by atoms with Gasteiger partial charge in [-0.15, -0.1) is 26.3 Å². The minimum absolute atomic E-state index is 0.0173. The van der Waals surface area contributed by atoms with E-state index in [0.717, 1.165) is 52.9 Å². The maximum atomic E-state index is 11.3. The van der Waals surface area contributed by atoms with Gasteiger partial charge in [0, 0.05) is 84.9 Å². The number of hydrogen-bond acceptors (Lipinski definition) is 12. The van der Waals surface area contributed by atoms with E-state index in [0.29, 0.717) is 36.6 Å². The lowest BCUT2D eigenvalue weighted by Gasteiger charge is -2.24. The molecule has 8 rings (SSSR count). The molecule has 0 amide bonds. The molecule has 4 heterocycles. The molecule has 0 spiro atoms. The van der Waals surface area contributed by atoms with Crippen molar-refractivity contribution in [2.45, 2.75) is 0 Å². The van der Waals surface area contributed by atoms with Crippen molar-refractivity contribution in [3.05, 3.63) is 141 Å². The second kappa shape index (κ2) is 14.4. The van der Waals surface area contributed by atoms with Crippen LogP contribution in [0, 0.1) is 20.5 Å². The van der Waals surface area contributed by atoms with Crippen LogP contribution in [0.4, 0.5) is 0 Å². The molecule has 0 saturated carbocycles. The van der Waals surface area contributed by atoms with Gasteiger partial charge in [-0.3, -0.25) is 0 Å². The topological polar surface area (TPSA) is 170 Å². The van der Waals surface area contributed by atoms with Crippen LogP contribution in [-0.4, -0.2) is 45.8 Å². The molecule has 54 heavy (non-hydrogen) atoms. The fraction of sp³-hybridized carbons (Fsp3) is 0.100. The Kier molecular flexibility index (Phi) is 9.79. The monoisotopic (exact) mass is 768 g/mol. The highest BCUT2D eigenvalue weighted by molar-refractivity contribution is 5.91. The molecule has 0 N–H and O–H groups in total. The first kappa shape index (κ1) is 36.8. The van der Waals surface area contributed by atoms with Gasteiger partial charge in [0.15, 0.2) is 0 Å². The van der Waals surface area contributed by atoms with Crippen LogP contribution < -0.4 is 69.7 Å². The Hall–Kier alpha value is -5.54. The van der Waals surface area contributed by atoms with Crippen molar-refractivity contribution in [2.24, 2.45) is 0 Å². The summed E-state index contributed by atoms with van der Waals surface area (Å²) in [5.74, 6) is -0.0347. The molecular formula is C40H34Cl2N4O8. The molecule has 0 aliphatic carbocycles. The quantitative estimate of drug-likeness (QED) is 0.125. The molecule has 4 aliphatic heterocycles. The highest BCUT2D eigenvalue weighted by Gasteiger charge is 2.31. The standard InChI is InChI=1S/2C20H17ClN2O4/c2*1-3-9-22-11-14-5-6-16-13-23(10-4-2)20(27-21(24,25)26)17-8-7-15(12-22)18(14)19(16)17/h2*3-8,11-13H,1-2,9-10H2. The lowest BCUT2D eigenvalue weighted by molar-refractivity contribution is -1.92. The predicted octanol–water partition coefficient (Wildman–Crippen LogP) is -5.93. The van der Waals surface area contributed by atoms with Crippen LogP contribution in [0.3, 0.4) is 0 Å².